The van der Waals surface area contributed by atoms with Crippen molar-refractivity contribution in [3.8, 4) is 0 Å². The topological polar surface area (TPSA) is 0 Å². The maximum absolute atomic E-state index is 5.76. The maximum atomic E-state index is 5.76. The van der Waals surface area contributed by atoms with Gasteiger partial charge in [0.2, 0.25) is 0 Å². The summed E-state index contributed by atoms with van der Waals surface area (Å²) in [5.41, 5.74) is 2.33. The first-order chi connectivity index (χ1) is 5.81. The summed E-state index contributed by atoms with van der Waals surface area (Å²) in [6.07, 6.45) is 2.05. The molecule has 0 heterocycles. The lowest BCUT2D eigenvalue weighted by Gasteiger charge is -2.05. The van der Waals surface area contributed by atoms with Crippen molar-refractivity contribution in [3.05, 3.63) is 29.3 Å². The fourth-order valence-corrected chi connectivity index (χ4v) is 2.13. The molecule has 0 N–H and O–H groups in total. The van der Waals surface area contributed by atoms with Gasteiger partial charge in [-0.25, -0.2) is 0 Å². The van der Waals surface area contributed by atoms with Crippen LogP contribution >= 0.6 is 35.0 Å². The minimum atomic E-state index is 0.566. The van der Waals surface area contributed by atoms with Gasteiger partial charge in [-0.3, -0.25) is 0 Å². The maximum Gasteiger partial charge on any atom is 0.0485 e. The van der Waals surface area contributed by atoms with Gasteiger partial charge >= 0.3 is 0 Å². The Labute approximate surface area is 87.3 Å². The van der Waals surface area contributed by atoms with Crippen LogP contribution in [0.2, 0.25) is 0 Å². The smallest absolute Gasteiger partial charge is 0.0485 e. The standard InChI is InChI=1S/C9H10Cl2S/c1-12-9-4-7(5-10)2-3-8(9)6-11/h2-4H,5-6H2,1H3. The lowest BCUT2D eigenvalue weighted by atomic mass is 10.2. The number of hydrogen-bond acceptors (Lipinski definition) is 1. The van der Waals surface area contributed by atoms with Gasteiger partial charge in [0.05, 0.1) is 0 Å². The van der Waals surface area contributed by atoms with E-state index in [4.69, 9.17) is 23.2 Å². The largest absolute Gasteiger partial charge is 0.129 e. The monoisotopic (exact) mass is 220 g/mol. The van der Waals surface area contributed by atoms with E-state index in [2.05, 4.69) is 6.07 Å². The molecule has 0 aliphatic heterocycles. The quantitative estimate of drug-likeness (QED) is 0.551. The molecule has 12 heavy (non-hydrogen) atoms. The third-order valence-electron chi connectivity index (χ3n) is 1.65. The fraction of sp³-hybridized carbons (Fsp3) is 0.333. The van der Waals surface area contributed by atoms with Crippen molar-refractivity contribution in [2.75, 3.05) is 6.26 Å². The van der Waals surface area contributed by atoms with Crippen molar-refractivity contribution in [2.45, 2.75) is 16.7 Å². The van der Waals surface area contributed by atoms with E-state index in [9.17, 15) is 0 Å². The molecule has 0 saturated heterocycles. The van der Waals surface area contributed by atoms with Crippen LogP contribution in [0.3, 0.4) is 0 Å². The second kappa shape index (κ2) is 5.00. The van der Waals surface area contributed by atoms with Gasteiger partial charge < -0.3 is 0 Å². The van der Waals surface area contributed by atoms with E-state index in [0.29, 0.717) is 11.8 Å². The molecule has 0 bridgehead atoms. The zero-order valence-corrected chi connectivity index (χ0v) is 9.14. The van der Waals surface area contributed by atoms with Crippen LogP contribution in [0, 0.1) is 0 Å². The van der Waals surface area contributed by atoms with E-state index in [1.54, 1.807) is 11.8 Å². The number of benzene rings is 1. The summed E-state index contributed by atoms with van der Waals surface area (Å²) in [6.45, 7) is 0. The summed E-state index contributed by atoms with van der Waals surface area (Å²) in [6, 6.07) is 6.15. The lowest BCUT2D eigenvalue weighted by Crippen LogP contribution is -1.85. The Morgan fingerprint density at radius 1 is 1.25 bits per heavy atom. The van der Waals surface area contributed by atoms with Crippen molar-refractivity contribution in [2.24, 2.45) is 0 Å². The van der Waals surface area contributed by atoms with Crippen LogP contribution in [-0.2, 0) is 11.8 Å². The zero-order chi connectivity index (χ0) is 8.97. The first-order valence-corrected chi connectivity index (χ1v) is 5.89. The van der Waals surface area contributed by atoms with E-state index in [1.165, 1.54) is 10.5 Å². The van der Waals surface area contributed by atoms with Gasteiger partial charge in [0, 0.05) is 16.7 Å². The molecule has 1 aromatic rings. The third kappa shape index (κ3) is 2.32. The molecular formula is C9H10Cl2S. The predicted molar refractivity (Wildman–Crippen MR) is 57.3 cm³/mol. The molecule has 0 saturated carbocycles. The molecule has 0 nitrogen and oxygen atoms in total. The number of rotatable bonds is 3. The third-order valence-corrected chi connectivity index (χ3v) is 3.07. The fourth-order valence-electron chi connectivity index (χ4n) is 0.982. The van der Waals surface area contributed by atoms with Gasteiger partial charge in [0.15, 0.2) is 0 Å². The van der Waals surface area contributed by atoms with Gasteiger partial charge in [-0.2, -0.15) is 0 Å². The zero-order valence-electron chi connectivity index (χ0n) is 6.81. The number of halogens is 2. The van der Waals surface area contributed by atoms with Crippen molar-refractivity contribution in [1.82, 2.24) is 0 Å². The summed E-state index contributed by atoms with van der Waals surface area (Å²) in [4.78, 5) is 1.23. The van der Waals surface area contributed by atoms with Crippen LogP contribution in [0.1, 0.15) is 11.1 Å². The Kier molecular flexibility index (Phi) is 4.27. The molecule has 0 aliphatic rings. The Balaban J connectivity index is 3.02. The minimum absolute atomic E-state index is 0.566. The summed E-state index contributed by atoms with van der Waals surface area (Å²) < 4.78 is 0. The van der Waals surface area contributed by atoms with Crippen LogP contribution in [0.5, 0.6) is 0 Å². The van der Waals surface area contributed by atoms with Gasteiger partial charge in [0.1, 0.15) is 0 Å². The highest BCUT2D eigenvalue weighted by Crippen LogP contribution is 2.23. The lowest BCUT2D eigenvalue weighted by molar-refractivity contribution is 1.22. The average Bonchev–Trinajstić information content (AvgIpc) is 2.16. The van der Waals surface area contributed by atoms with E-state index >= 15 is 0 Å². The molecule has 0 aromatic heterocycles. The van der Waals surface area contributed by atoms with Crippen molar-refractivity contribution >= 4 is 35.0 Å². The highest BCUT2D eigenvalue weighted by molar-refractivity contribution is 7.98. The molecule has 0 aliphatic carbocycles. The van der Waals surface area contributed by atoms with E-state index in [1.807, 2.05) is 18.4 Å². The number of alkyl halides is 2. The Hall–Kier alpha value is 0.150. The van der Waals surface area contributed by atoms with E-state index in [0.717, 1.165) is 5.56 Å². The Bertz CT molecular complexity index is 261. The molecular weight excluding hydrogens is 211 g/mol. The van der Waals surface area contributed by atoms with E-state index < -0.39 is 0 Å². The predicted octanol–water partition coefficient (Wildman–Crippen LogP) is 3.89. The Morgan fingerprint density at radius 2 is 2.00 bits per heavy atom. The summed E-state index contributed by atoms with van der Waals surface area (Å²) in [7, 11) is 0. The van der Waals surface area contributed by atoms with Crippen molar-refractivity contribution in [3.63, 3.8) is 0 Å². The van der Waals surface area contributed by atoms with Gasteiger partial charge in [-0.05, 0) is 23.4 Å². The van der Waals surface area contributed by atoms with E-state index in [-0.39, 0.29) is 0 Å². The molecule has 1 aromatic carbocycles. The summed E-state index contributed by atoms with van der Waals surface area (Å²) >= 11 is 13.2. The van der Waals surface area contributed by atoms with Crippen LogP contribution in [0.4, 0.5) is 0 Å². The van der Waals surface area contributed by atoms with Gasteiger partial charge in [-0.15, -0.1) is 35.0 Å². The van der Waals surface area contributed by atoms with Crippen LogP contribution in [-0.4, -0.2) is 6.26 Å². The second-order valence-corrected chi connectivity index (χ2v) is 3.80. The SMILES string of the molecule is CSc1cc(CCl)ccc1CCl. The van der Waals surface area contributed by atoms with Crippen molar-refractivity contribution < 1.29 is 0 Å². The second-order valence-electron chi connectivity index (χ2n) is 2.41. The normalized spacial score (nSPS) is 10.2. The van der Waals surface area contributed by atoms with Crippen LogP contribution in [0.25, 0.3) is 0 Å². The molecule has 1 rings (SSSR count). The van der Waals surface area contributed by atoms with Crippen LogP contribution in [0.15, 0.2) is 23.1 Å². The number of hydrogen-bond donors (Lipinski definition) is 0. The van der Waals surface area contributed by atoms with Crippen molar-refractivity contribution in [1.29, 1.82) is 0 Å². The van der Waals surface area contributed by atoms with Crippen LogP contribution < -0.4 is 0 Å². The first-order valence-electron chi connectivity index (χ1n) is 3.59. The Morgan fingerprint density at radius 3 is 2.50 bits per heavy atom. The van der Waals surface area contributed by atoms with Gasteiger partial charge in [0.25, 0.3) is 0 Å². The highest BCUT2D eigenvalue weighted by Gasteiger charge is 2.00. The molecule has 0 amide bonds. The highest BCUT2D eigenvalue weighted by atomic mass is 35.5. The molecule has 0 spiro atoms. The summed E-state index contributed by atoms with van der Waals surface area (Å²) in [5, 5.41) is 0. The average molecular weight is 221 g/mol. The number of thioether (sulfide) groups is 1. The summed E-state index contributed by atoms with van der Waals surface area (Å²) in [5.74, 6) is 1.13. The van der Waals surface area contributed by atoms with Gasteiger partial charge in [-0.1, -0.05) is 12.1 Å². The minimum Gasteiger partial charge on any atom is -0.129 e. The molecule has 0 atom stereocenters. The molecule has 0 fully saturated rings. The molecule has 3 heteroatoms. The molecule has 0 unspecified atom stereocenters. The first kappa shape index (κ1) is 10.2. The molecule has 0 radical (unpaired) electrons. The molecule has 66 valence electrons.